The third-order valence-corrected chi connectivity index (χ3v) is 4.18. The van der Waals surface area contributed by atoms with E-state index in [1.165, 1.54) is 0 Å². The zero-order valence-electron chi connectivity index (χ0n) is 11.9. The molecular weight excluding hydrogens is 268 g/mol. The molecule has 104 valence electrons. The van der Waals surface area contributed by atoms with E-state index < -0.39 is 5.54 Å². The lowest BCUT2D eigenvalue weighted by atomic mass is 10.1. The van der Waals surface area contributed by atoms with Gasteiger partial charge in [-0.15, -0.1) is 11.8 Å². The fourth-order valence-corrected chi connectivity index (χ4v) is 3.07. The van der Waals surface area contributed by atoms with Gasteiger partial charge in [-0.2, -0.15) is 5.26 Å². The zero-order chi connectivity index (χ0) is 14.6. The van der Waals surface area contributed by atoms with Gasteiger partial charge >= 0.3 is 0 Å². The highest BCUT2D eigenvalue weighted by molar-refractivity contribution is 7.99. The first-order chi connectivity index (χ1) is 9.54. The van der Waals surface area contributed by atoms with Crippen LogP contribution in [0.3, 0.4) is 0 Å². The van der Waals surface area contributed by atoms with Crippen LogP contribution in [-0.2, 0) is 0 Å². The van der Waals surface area contributed by atoms with Gasteiger partial charge in [0.25, 0.3) is 0 Å². The van der Waals surface area contributed by atoms with Crippen LogP contribution in [-0.4, -0.2) is 27.3 Å². The van der Waals surface area contributed by atoms with Crippen molar-refractivity contribution in [2.24, 2.45) is 0 Å². The average molecular weight is 286 g/mol. The predicted octanol–water partition coefficient (Wildman–Crippen LogP) is 3.00. The van der Waals surface area contributed by atoms with E-state index in [4.69, 9.17) is 0 Å². The van der Waals surface area contributed by atoms with Crippen molar-refractivity contribution in [3.8, 4) is 6.07 Å². The Hall–Kier alpha value is -1.64. The van der Waals surface area contributed by atoms with Crippen molar-refractivity contribution in [3.05, 3.63) is 30.6 Å². The molecule has 1 atom stereocenters. The summed E-state index contributed by atoms with van der Waals surface area (Å²) in [7, 11) is 0. The Balaban J connectivity index is 2.19. The Labute approximate surface area is 123 Å². The first-order valence-electron chi connectivity index (χ1n) is 6.55. The summed E-state index contributed by atoms with van der Waals surface area (Å²) in [5.74, 6) is 0.642. The van der Waals surface area contributed by atoms with Crippen LogP contribution < -0.4 is 5.32 Å². The minimum Gasteiger partial charge on any atom is -0.297 e. The van der Waals surface area contributed by atoms with E-state index in [2.05, 4.69) is 21.4 Å². The van der Waals surface area contributed by atoms with Gasteiger partial charge in [0.05, 0.1) is 11.6 Å². The van der Waals surface area contributed by atoms with Crippen LogP contribution in [0.5, 0.6) is 0 Å². The van der Waals surface area contributed by atoms with Crippen LogP contribution in [0.15, 0.2) is 35.6 Å². The lowest BCUT2D eigenvalue weighted by Crippen LogP contribution is -2.47. The first-order valence-corrected chi connectivity index (χ1v) is 7.54. The highest BCUT2D eigenvalue weighted by Gasteiger charge is 2.25. The molecular formula is C15H18N4S. The highest BCUT2D eigenvalue weighted by atomic mass is 32.2. The zero-order valence-corrected chi connectivity index (χ0v) is 12.7. The first kappa shape index (κ1) is 14.8. The Morgan fingerprint density at radius 1 is 1.35 bits per heavy atom. The number of fused-ring (bicyclic) bond motifs is 1. The van der Waals surface area contributed by atoms with Crippen molar-refractivity contribution in [1.82, 2.24) is 15.3 Å². The molecule has 0 amide bonds. The summed E-state index contributed by atoms with van der Waals surface area (Å²) in [5, 5.41) is 14.6. The van der Waals surface area contributed by atoms with Crippen molar-refractivity contribution in [2.45, 2.75) is 37.4 Å². The van der Waals surface area contributed by atoms with Gasteiger partial charge in [-0.05, 0) is 26.8 Å². The second-order valence-corrected chi connectivity index (χ2v) is 6.19. The quantitative estimate of drug-likeness (QED) is 0.676. The molecule has 4 nitrogen and oxygen atoms in total. The smallest absolute Gasteiger partial charge is 0.117 e. The second-order valence-electron chi connectivity index (χ2n) is 5.23. The molecule has 1 aromatic carbocycles. The van der Waals surface area contributed by atoms with E-state index in [0.717, 1.165) is 15.9 Å². The molecule has 0 aliphatic rings. The van der Waals surface area contributed by atoms with Crippen LogP contribution in [0.2, 0.25) is 0 Å². The molecule has 1 unspecified atom stereocenters. The van der Waals surface area contributed by atoms with E-state index >= 15 is 0 Å². The molecule has 0 saturated heterocycles. The van der Waals surface area contributed by atoms with Crippen LogP contribution in [0.4, 0.5) is 0 Å². The predicted molar refractivity (Wildman–Crippen MR) is 82.6 cm³/mol. The number of nitrogens with one attached hydrogen (secondary N) is 1. The topological polar surface area (TPSA) is 61.6 Å². The fourth-order valence-electron chi connectivity index (χ4n) is 2.05. The molecule has 1 N–H and O–H groups in total. The number of nitrogens with zero attached hydrogens (tertiary/aromatic N) is 3. The molecule has 2 aromatic rings. The Kier molecular flexibility index (Phi) is 4.58. The van der Waals surface area contributed by atoms with Gasteiger partial charge in [-0.1, -0.05) is 18.2 Å². The van der Waals surface area contributed by atoms with Crippen molar-refractivity contribution in [3.63, 3.8) is 0 Å². The molecule has 1 heterocycles. The van der Waals surface area contributed by atoms with Gasteiger partial charge < -0.3 is 0 Å². The van der Waals surface area contributed by atoms with E-state index in [1.54, 1.807) is 18.1 Å². The number of hydrogen-bond acceptors (Lipinski definition) is 5. The summed E-state index contributed by atoms with van der Waals surface area (Å²) in [5.41, 5.74) is 0.366. The number of benzene rings is 1. The lowest BCUT2D eigenvalue weighted by molar-refractivity contribution is 0.443. The summed E-state index contributed by atoms with van der Waals surface area (Å²) >= 11 is 1.59. The SMILES string of the molecule is CC(C)NC(C)(C#N)CSc1ncnc2ccccc12. The Morgan fingerprint density at radius 3 is 2.80 bits per heavy atom. The maximum atomic E-state index is 9.37. The summed E-state index contributed by atoms with van der Waals surface area (Å²) in [6.07, 6.45) is 1.57. The van der Waals surface area contributed by atoms with Crippen LogP contribution in [0.1, 0.15) is 20.8 Å². The largest absolute Gasteiger partial charge is 0.297 e. The van der Waals surface area contributed by atoms with Crippen molar-refractivity contribution in [1.29, 1.82) is 5.26 Å². The summed E-state index contributed by atoms with van der Waals surface area (Å²) in [6.45, 7) is 6.00. The molecule has 2 rings (SSSR count). The molecule has 0 fully saturated rings. The fraction of sp³-hybridized carbons (Fsp3) is 0.400. The summed E-state index contributed by atoms with van der Waals surface area (Å²) < 4.78 is 0. The van der Waals surface area contributed by atoms with Gasteiger partial charge in [-0.25, -0.2) is 9.97 Å². The number of nitriles is 1. The molecule has 5 heteroatoms. The molecule has 1 aromatic heterocycles. The number of aromatic nitrogens is 2. The monoisotopic (exact) mass is 286 g/mol. The van der Waals surface area contributed by atoms with Crippen molar-refractivity contribution >= 4 is 22.7 Å². The van der Waals surface area contributed by atoms with Gasteiger partial charge in [0, 0.05) is 17.2 Å². The number of hydrogen-bond donors (Lipinski definition) is 1. The lowest BCUT2D eigenvalue weighted by Gasteiger charge is -2.25. The molecule has 0 aliphatic heterocycles. The standard InChI is InChI=1S/C15H18N4S/c1-11(2)19-15(3,8-16)9-20-14-12-6-4-5-7-13(12)17-10-18-14/h4-7,10-11,19H,9H2,1-3H3. The normalized spacial score (nSPS) is 14.2. The molecule has 0 aliphatic carbocycles. The van der Waals surface area contributed by atoms with Crippen molar-refractivity contribution in [2.75, 3.05) is 5.75 Å². The third kappa shape index (κ3) is 3.47. The van der Waals surface area contributed by atoms with Gasteiger partial charge in [0.2, 0.25) is 0 Å². The Morgan fingerprint density at radius 2 is 2.10 bits per heavy atom. The number of rotatable bonds is 5. The van der Waals surface area contributed by atoms with E-state index in [9.17, 15) is 5.26 Å². The van der Waals surface area contributed by atoms with Gasteiger partial charge in [0.15, 0.2) is 0 Å². The molecule has 0 bridgehead atoms. The summed E-state index contributed by atoms with van der Waals surface area (Å²) in [6, 6.07) is 10.5. The summed E-state index contributed by atoms with van der Waals surface area (Å²) in [4.78, 5) is 8.59. The van der Waals surface area contributed by atoms with Crippen molar-refractivity contribution < 1.29 is 0 Å². The van der Waals surface area contributed by atoms with E-state index in [0.29, 0.717) is 5.75 Å². The van der Waals surface area contributed by atoms with Crippen LogP contribution >= 0.6 is 11.8 Å². The minimum atomic E-state index is -0.565. The van der Waals surface area contributed by atoms with Gasteiger partial charge in [-0.3, -0.25) is 5.32 Å². The molecule has 20 heavy (non-hydrogen) atoms. The number of para-hydroxylation sites is 1. The molecule has 0 saturated carbocycles. The molecule has 0 spiro atoms. The maximum absolute atomic E-state index is 9.37. The van der Waals surface area contributed by atoms with Gasteiger partial charge in [0.1, 0.15) is 16.9 Å². The second kappa shape index (κ2) is 6.21. The maximum Gasteiger partial charge on any atom is 0.117 e. The van der Waals surface area contributed by atoms with E-state index in [-0.39, 0.29) is 6.04 Å². The average Bonchev–Trinajstić information content (AvgIpc) is 2.44. The highest BCUT2D eigenvalue weighted by Crippen LogP contribution is 2.27. The molecule has 0 radical (unpaired) electrons. The van der Waals surface area contributed by atoms with E-state index in [1.807, 2.05) is 45.0 Å². The van der Waals surface area contributed by atoms with Crippen LogP contribution in [0, 0.1) is 11.3 Å². The minimum absolute atomic E-state index is 0.266. The Bertz CT molecular complexity index is 630. The third-order valence-electron chi connectivity index (χ3n) is 2.86. The van der Waals surface area contributed by atoms with Crippen LogP contribution in [0.25, 0.3) is 10.9 Å². The number of thioether (sulfide) groups is 1.